The molecule has 2 aromatic rings. The summed E-state index contributed by atoms with van der Waals surface area (Å²) in [6.07, 6.45) is 5.28. The topological polar surface area (TPSA) is 54.5 Å². The Balaban J connectivity index is 1.81. The van der Waals surface area contributed by atoms with Gasteiger partial charge < -0.3 is 15.0 Å². The van der Waals surface area contributed by atoms with Gasteiger partial charge in [0.15, 0.2) is 0 Å². The van der Waals surface area contributed by atoms with Gasteiger partial charge in [0, 0.05) is 31.0 Å². The Morgan fingerprint density at radius 1 is 1.17 bits per heavy atom. The zero-order chi connectivity index (χ0) is 16.1. The van der Waals surface area contributed by atoms with Crippen molar-refractivity contribution >= 4 is 17.4 Å². The zero-order valence-electron chi connectivity index (χ0n) is 13.3. The van der Waals surface area contributed by atoms with E-state index >= 15 is 0 Å². The highest BCUT2D eigenvalue weighted by molar-refractivity contribution is 6.07. The van der Waals surface area contributed by atoms with Crippen LogP contribution in [-0.2, 0) is 0 Å². The minimum absolute atomic E-state index is 0.146. The van der Waals surface area contributed by atoms with Crippen LogP contribution < -0.4 is 15.0 Å². The number of piperidine rings is 1. The minimum atomic E-state index is -0.146. The number of hydrogen-bond donors (Lipinski definition) is 1. The number of rotatable bonds is 4. The van der Waals surface area contributed by atoms with Gasteiger partial charge >= 0.3 is 0 Å². The Bertz CT molecular complexity index is 681. The van der Waals surface area contributed by atoms with E-state index in [0.29, 0.717) is 17.0 Å². The molecule has 0 spiro atoms. The van der Waals surface area contributed by atoms with Gasteiger partial charge in [-0.15, -0.1) is 0 Å². The van der Waals surface area contributed by atoms with Crippen molar-refractivity contribution in [3.63, 3.8) is 0 Å². The van der Waals surface area contributed by atoms with Gasteiger partial charge in [-0.25, -0.2) is 4.98 Å². The van der Waals surface area contributed by atoms with Crippen LogP contribution in [0.4, 0.5) is 11.5 Å². The Labute approximate surface area is 136 Å². The molecule has 0 bridgehead atoms. The molecule has 0 aliphatic carbocycles. The van der Waals surface area contributed by atoms with Gasteiger partial charge in [-0.1, -0.05) is 6.07 Å². The number of pyridine rings is 1. The largest absolute Gasteiger partial charge is 0.497 e. The van der Waals surface area contributed by atoms with Crippen LogP contribution in [0.2, 0.25) is 0 Å². The molecule has 3 rings (SSSR count). The minimum Gasteiger partial charge on any atom is -0.497 e. The molecule has 0 saturated carbocycles. The van der Waals surface area contributed by atoms with E-state index in [0.717, 1.165) is 31.7 Å². The number of hydrogen-bond acceptors (Lipinski definition) is 4. The molecular formula is C18H21N3O2. The lowest BCUT2D eigenvalue weighted by Gasteiger charge is -2.29. The van der Waals surface area contributed by atoms with E-state index in [1.165, 1.54) is 6.42 Å². The standard InChI is InChI=1S/C18H21N3O2/c1-23-15-8-5-7-14(13-15)20-18(22)16-9-6-10-19-17(16)21-11-3-2-4-12-21/h5-10,13H,2-4,11-12H2,1H3,(H,20,22). The summed E-state index contributed by atoms with van der Waals surface area (Å²) in [5.74, 6) is 1.34. The predicted molar refractivity (Wildman–Crippen MR) is 91.2 cm³/mol. The van der Waals surface area contributed by atoms with Crippen molar-refractivity contribution in [3.8, 4) is 5.75 Å². The Hall–Kier alpha value is -2.56. The molecule has 5 nitrogen and oxygen atoms in total. The second-order valence-corrected chi connectivity index (χ2v) is 5.61. The van der Waals surface area contributed by atoms with Crippen molar-refractivity contribution in [1.82, 2.24) is 4.98 Å². The first-order valence-electron chi connectivity index (χ1n) is 7.93. The maximum Gasteiger partial charge on any atom is 0.259 e. The molecule has 1 fully saturated rings. The molecule has 0 radical (unpaired) electrons. The van der Waals surface area contributed by atoms with Gasteiger partial charge in [-0.05, 0) is 43.5 Å². The number of anilines is 2. The monoisotopic (exact) mass is 311 g/mol. The van der Waals surface area contributed by atoms with E-state index < -0.39 is 0 Å². The quantitative estimate of drug-likeness (QED) is 0.941. The van der Waals surface area contributed by atoms with Crippen LogP contribution in [0.1, 0.15) is 29.6 Å². The van der Waals surface area contributed by atoms with E-state index in [1.54, 1.807) is 25.4 Å². The number of carbonyl (C=O) groups excluding carboxylic acids is 1. The summed E-state index contributed by atoms with van der Waals surface area (Å²) in [7, 11) is 1.61. The van der Waals surface area contributed by atoms with Gasteiger partial charge in [0.2, 0.25) is 0 Å². The normalized spacial score (nSPS) is 14.4. The molecule has 0 atom stereocenters. The molecule has 120 valence electrons. The zero-order valence-corrected chi connectivity index (χ0v) is 13.3. The molecule has 2 heterocycles. The van der Waals surface area contributed by atoms with Gasteiger partial charge in [-0.3, -0.25) is 4.79 Å². The molecule has 0 unspecified atom stereocenters. The number of benzene rings is 1. The van der Waals surface area contributed by atoms with Crippen molar-refractivity contribution in [2.45, 2.75) is 19.3 Å². The van der Waals surface area contributed by atoms with E-state index in [2.05, 4.69) is 15.2 Å². The van der Waals surface area contributed by atoms with E-state index in [4.69, 9.17) is 4.74 Å². The number of carbonyl (C=O) groups is 1. The first-order valence-corrected chi connectivity index (χ1v) is 7.93. The molecule has 1 aliphatic heterocycles. The van der Waals surface area contributed by atoms with Gasteiger partial charge in [0.25, 0.3) is 5.91 Å². The number of nitrogens with one attached hydrogen (secondary N) is 1. The molecule has 1 aromatic heterocycles. The lowest BCUT2D eigenvalue weighted by Crippen LogP contribution is -2.32. The second kappa shape index (κ2) is 7.13. The summed E-state index contributed by atoms with van der Waals surface area (Å²) in [5.41, 5.74) is 1.32. The molecule has 1 N–H and O–H groups in total. The van der Waals surface area contributed by atoms with Crippen LogP contribution in [0, 0.1) is 0 Å². The third-order valence-corrected chi connectivity index (χ3v) is 4.01. The van der Waals surface area contributed by atoms with Crippen LogP contribution in [-0.4, -0.2) is 31.1 Å². The average molecular weight is 311 g/mol. The molecule has 1 amide bonds. The van der Waals surface area contributed by atoms with E-state index in [-0.39, 0.29) is 5.91 Å². The van der Waals surface area contributed by atoms with Crippen molar-refractivity contribution < 1.29 is 9.53 Å². The van der Waals surface area contributed by atoms with Crippen molar-refractivity contribution in [2.75, 3.05) is 30.4 Å². The molecule has 1 aliphatic rings. The second-order valence-electron chi connectivity index (χ2n) is 5.61. The van der Waals surface area contributed by atoms with Crippen LogP contribution in [0.25, 0.3) is 0 Å². The smallest absolute Gasteiger partial charge is 0.259 e. The van der Waals surface area contributed by atoms with E-state index in [1.807, 2.05) is 24.3 Å². The van der Waals surface area contributed by atoms with Gasteiger partial charge in [0.1, 0.15) is 11.6 Å². The lowest BCUT2D eigenvalue weighted by molar-refractivity contribution is 0.102. The van der Waals surface area contributed by atoms with Crippen molar-refractivity contribution in [2.24, 2.45) is 0 Å². The van der Waals surface area contributed by atoms with E-state index in [9.17, 15) is 4.79 Å². The Morgan fingerprint density at radius 3 is 2.78 bits per heavy atom. The third-order valence-electron chi connectivity index (χ3n) is 4.01. The van der Waals surface area contributed by atoms with Gasteiger partial charge in [0.05, 0.1) is 12.7 Å². The number of methoxy groups -OCH3 is 1. The molecule has 23 heavy (non-hydrogen) atoms. The maximum absolute atomic E-state index is 12.7. The van der Waals surface area contributed by atoms with Crippen LogP contribution in [0.3, 0.4) is 0 Å². The highest BCUT2D eigenvalue weighted by atomic mass is 16.5. The summed E-state index contributed by atoms with van der Waals surface area (Å²) < 4.78 is 5.19. The maximum atomic E-state index is 12.7. The molecular weight excluding hydrogens is 290 g/mol. The highest BCUT2D eigenvalue weighted by Gasteiger charge is 2.19. The molecule has 1 saturated heterocycles. The molecule has 1 aromatic carbocycles. The Morgan fingerprint density at radius 2 is 2.00 bits per heavy atom. The predicted octanol–water partition coefficient (Wildman–Crippen LogP) is 3.33. The number of aromatic nitrogens is 1. The summed E-state index contributed by atoms with van der Waals surface area (Å²) in [5, 5.41) is 2.93. The SMILES string of the molecule is COc1cccc(NC(=O)c2cccnc2N2CCCCC2)c1. The number of nitrogens with zero attached hydrogens (tertiary/aromatic N) is 2. The summed E-state index contributed by atoms with van der Waals surface area (Å²) >= 11 is 0. The Kier molecular flexibility index (Phi) is 4.76. The van der Waals surface area contributed by atoms with Crippen LogP contribution in [0.15, 0.2) is 42.6 Å². The van der Waals surface area contributed by atoms with Crippen molar-refractivity contribution in [1.29, 1.82) is 0 Å². The summed E-state index contributed by atoms with van der Waals surface area (Å²) in [6.45, 7) is 1.91. The van der Waals surface area contributed by atoms with Crippen LogP contribution >= 0.6 is 0 Å². The highest BCUT2D eigenvalue weighted by Crippen LogP contribution is 2.23. The molecule has 5 heteroatoms. The lowest BCUT2D eigenvalue weighted by atomic mass is 10.1. The first kappa shape index (κ1) is 15.3. The summed E-state index contributed by atoms with van der Waals surface area (Å²) in [4.78, 5) is 19.3. The summed E-state index contributed by atoms with van der Waals surface area (Å²) in [6, 6.07) is 11.0. The van der Waals surface area contributed by atoms with Crippen LogP contribution in [0.5, 0.6) is 5.75 Å². The fourth-order valence-electron chi connectivity index (χ4n) is 2.83. The average Bonchev–Trinajstić information content (AvgIpc) is 2.62. The number of ether oxygens (including phenoxy) is 1. The van der Waals surface area contributed by atoms with Gasteiger partial charge in [-0.2, -0.15) is 0 Å². The third kappa shape index (κ3) is 3.62. The number of amides is 1. The fourth-order valence-corrected chi connectivity index (χ4v) is 2.83. The fraction of sp³-hybridized carbons (Fsp3) is 0.333. The van der Waals surface area contributed by atoms with Crippen molar-refractivity contribution in [3.05, 3.63) is 48.2 Å². The first-order chi connectivity index (χ1) is 11.3.